The Labute approximate surface area is 158 Å². The number of hydrogen-bond donors (Lipinski definition) is 1. The summed E-state index contributed by atoms with van der Waals surface area (Å²) >= 11 is 0. The first kappa shape index (κ1) is 19.2. The fourth-order valence-corrected chi connectivity index (χ4v) is 3.51. The molecule has 134 valence electrons. The highest BCUT2D eigenvalue weighted by molar-refractivity contribution is 14.0. The molecule has 3 aliphatic rings. The SMILES string of the molecule is CCNC(=NCCC1CC1)N1CCC(CN2CCOCC2)C1.I. The summed E-state index contributed by atoms with van der Waals surface area (Å²) < 4.78 is 5.44. The Morgan fingerprint density at radius 2 is 1.91 bits per heavy atom. The maximum absolute atomic E-state index is 5.44. The van der Waals surface area contributed by atoms with E-state index in [2.05, 4.69) is 22.0 Å². The lowest BCUT2D eigenvalue weighted by atomic mass is 10.1. The molecule has 6 heteroatoms. The molecule has 0 amide bonds. The van der Waals surface area contributed by atoms with E-state index in [0.29, 0.717) is 0 Å². The molecule has 1 atom stereocenters. The molecule has 0 aromatic carbocycles. The third kappa shape index (κ3) is 6.38. The number of aliphatic imine (C=N–C) groups is 1. The minimum atomic E-state index is 0. The van der Waals surface area contributed by atoms with Crippen molar-refractivity contribution in [3.05, 3.63) is 0 Å². The predicted molar refractivity (Wildman–Crippen MR) is 106 cm³/mol. The van der Waals surface area contributed by atoms with Gasteiger partial charge in [0.25, 0.3) is 0 Å². The van der Waals surface area contributed by atoms with Crippen LogP contribution in [-0.2, 0) is 4.74 Å². The van der Waals surface area contributed by atoms with E-state index in [0.717, 1.165) is 70.3 Å². The monoisotopic (exact) mass is 436 g/mol. The normalized spacial score (nSPS) is 26.2. The van der Waals surface area contributed by atoms with Gasteiger partial charge in [0.15, 0.2) is 5.96 Å². The lowest BCUT2D eigenvalue weighted by Crippen LogP contribution is -2.42. The number of halogens is 1. The average Bonchev–Trinajstić information content (AvgIpc) is 3.25. The molecule has 1 aliphatic carbocycles. The van der Waals surface area contributed by atoms with Crippen LogP contribution < -0.4 is 5.32 Å². The molecule has 23 heavy (non-hydrogen) atoms. The summed E-state index contributed by atoms with van der Waals surface area (Å²) in [7, 11) is 0. The average molecular weight is 436 g/mol. The number of morpholine rings is 1. The molecule has 0 radical (unpaired) electrons. The fraction of sp³-hybridized carbons (Fsp3) is 0.941. The molecule has 0 aromatic rings. The van der Waals surface area contributed by atoms with Crippen molar-refractivity contribution >= 4 is 29.9 Å². The second kappa shape index (κ2) is 10.0. The van der Waals surface area contributed by atoms with Crippen molar-refractivity contribution in [2.45, 2.75) is 32.6 Å². The van der Waals surface area contributed by atoms with Gasteiger partial charge in [0.2, 0.25) is 0 Å². The Hall–Kier alpha value is -0.0800. The van der Waals surface area contributed by atoms with E-state index in [9.17, 15) is 0 Å². The molecule has 1 N–H and O–H groups in total. The summed E-state index contributed by atoms with van der Waals surface area (Å²) in [5.74, 6) is 2.90. The zero-order valence-corrected chi connectivity index (χ0v) is 16.8. The van der Waals surface area contributed by atoms with E-state index in [1.165, 1.54) is 32.2 Å². The molecule has 2 heterocycles. The van der Waals surface area contributed by atoms with Gasteiger partial charge in [-0.1, -0.05) is 12.8 Å². The van der Waals surface area contributed by atoms with Crippen molar-refractivity contribution in [3.63, 3.8) is 0 Å². The Balaban J connectivity index is 0.00000192. The van der Waals surface area contributed by atoms with Gasteiger partial charge in [-0.15, -0.1) is 24.0 Å². The predicted octanol–water partition coefficient (Wildman–Crippen LogP) is 2.02. The number of hydrogen-bond acceptors (Lipinski definition) is 3. The minimum absolute atomic E-state index is 0. The third-order valence-corrected chi connectivity index (χ3v) is 5.04. The topological polar surface area (TPSA) is 40.1 Å². The molecule has 1 saturated carbocycles. The van der Waals surface area contributed by atoms with Gasteiger partial charge in [-0.3, -0.25) is 9.89 Å². The van der Waals surface area contributed by atoms with Crippen LogP contribution >= 0.6 is 24.0 Å². The molecular formula is C17H33IN4O. The van der Waals surface area contributed by atoms with Crippen LogP contribution in [0.3, 0.4) is 0 Å². The van der Waals surface area contributed by atoms with Crippen LogP contribution in [0, 0.1) is 11.8 Å². The first-order valence-electron chi connectivity index (χ1n) is 9.18. The smallest absolute Gasteiger partial charge is 0.193 e. The zero-order chi connectivity index (χ0) is 15.2. The molecule has 2 saturated heterocycles. The second-order valence-corrected chi connectivity index (χ2v) is 6.98. The van der Waals surface area contributed by atoms with Crippen LogP contribution in [0.4, 0.5) is 0 Å². The minimum Gasteiger partial charge on any atom is -0.379 e. The largest absolute Gasteiger partial charge is 0.379 e. The summed E-state index contributed by atoms with van der Waals surface area (Å²) in [6.45, 7) is 11.7. The van der Waals surface area contributed by atoms with Gasteiger partial charge in [-0.2, -0.15) is 0 Å². The van der Waals surface area contributed by atoms with E-state index < -0.39 is 0 Å². The molecule has 0 bridgehead atoms. The van der Waals surface area contributed by atoms with E-state index in [1.807, 2.05) is 0 Å². The molecule has 0 aromatic heterocycles. The van der Waals surface area contributed by atoms with Gasteiger partial charge in [-0.05, 0) is 31.6 Å². The first-order chi connectivity index (χ1) is 10.8. The van der Waals surface area contributed by atoms with Crippen LogP contribution in [0.1, 0.15) is 32.6 Å². The number of ether oxygens (including phenoxy) is 1. The van der Waals surface area contributed by atoms with Crippen LogP contribution in [0.25, 0.3) is 0 Å². The fourth-order valence-electron chi connectivity index (χ4n) is 3.51. The lowest BCUT2D eigenvalue weighted by molar-refractivity contribution is 0.0315. The van der Waals surface area contributed by atoms with Crippen LogP contribution in [0.15, 0.2) is 4.99 Å². The summed E-state index contributed by atoms with van der Waals surface area (Å²) in [5.41, 5.74) is 0. The van der Waals surface area contributed by atoms with Crippen LogP contribution in [0.5, 0.6) is 0 Å². The Bertz CT molecular complexity index is 370. The van der Waals surface area contributed by atoms with E-state index in [4.69, 9.17) is 9.73 Å². The van der Waals surface area contributed by atoms with Gasteiger partial charge in [0.1, 0.15) is 0 Å². The molecule has 2 aliphatic heterocycles. The standard InChI is InChI=1S/C17H32N4O.HI/c1-2-18-17(19-7-5-15-3-4-15)21-8-6-16(14-21)13-20-9-11-22-12-10-20;/h15-16H,2-14H2,1H3,(H,18,19);1H. The van der Waals surface area contributed by atoms with Crippen LogP contribution in [0.2, 0.25) is 0 Å². The maximum atomic E-state index is 5.44. The van der Waals surface area contributed by atoms with Crippen molar-refractivity contribution < 1.29 is 4.74 Å². The van der Waals surface area contributed by atoms with Crippen molar-refractivity contribution in [1.29, 1.82) is 0 Å². The van der Waals surface area contributed by atoms with Crippen molar-refractivity contribution in [2.24, 2.45) is 16.8 Å². The highest BCUT2D eigenvalue weighted by atomic mass is 127. The quantitative estimate of drug-likeness (QED) is 0.393. The second-order valence-electron chi connectivity index (χ2n) is 6.98. The Morgan fingerprint density at radius 3 is 2.61 bits per heavy atom. The number of guanidine groups is 1. The van der Waals surface area contributed by atoms with Crippen molar-refractivity contribution in [1.82, 2.24) is 15.1 Å². The summed E-state index contributed by atoms with van der Waals surface area (Å²) in [6.07, 6.45) is 5.43. The lowest BCUT2D eigenvalue weighted by Gasteiger charge is -2.29. The van der Waals surface area contributed by atoms with Gasteiger partial charge in [0.05, 0.1) is 13.2 Å². The van der Waals surface area contributed by atoms with E-state index >= 15 is 0 Å². The van der Waals surface area contributed by atoms with Crippen LogP contribution in [-0.4, -0.2) is 74.8 Å². The van der Waals surface area contributed by atoms with Gasteiger partial charge >= 0.3 is 0 Å². The van der Waals surface area contributed by atoms with E-state index in [1.54, 1.807) is 0 Å². The van der Waals surface area contributed by atoms with Gasteiger partial charge in [0, 0.05) is 45.8 Å². The highest BCUT2D eigenvalue weighted by Gasteiger charge is 2.27. The Kier molecular flexibility index (Phi) is 8.40. The summed E-state index contributed by atoms with van der Waals surface area (Å²) in [5, 5.41) is 3.49. The van der Waals surface area contributed by atoms with Crippen molar-refractivity contribution in [2.75, 3.05) is 59.0 Å². The molecule has 1 unspecified atom stereocenters. The first-order valence-corrected chi connectivity index (χ1v) is 9.18. The Morgan fingerprint density at radius 1 is 1.13 bits per heavy atom. The number of rotatable bonds is 6. The molecule has 0 spiro atoms. The zero-order valence-electron chi connectivity index (χ0n) is 14.5. The number of likely N-dealkylation sites (tertiary alicyclic amines) is 1. The third-order valence-electron chi connectivity index (χ3n) is 5.04. The molecule has 5 nitrogen and oxygen atoms in total. The molecule has 3 rings (SSSR count). The maximum Gasteiger partial charge on any atom is 0.193 e. The number of nitrogens with one attached hydrogen (secondary N) is 1. The highest BCUT2D eigenvalue weighted by Crippen LogP contribution is 2.32. The summed E-state index contributed by atoms with van der Waals surface area (Å²) in [6, 6.07) is 0. The molecule has 3 fully saturated rings. The van der Waals surface area contributed by atoms with E-state index in [-0.39, 0.29) is 24.0 Å². The van der Waals surface area contributed by atoms with Crippen molar-refractivity contribution in [3.8, 4) is 0 Å². The van der Waals surface area contributed by atoms with Gasteiger partial charge < -0.3 is 15.0 Å². The molecular weight excluding hydrogens is 403 g/mol. The summed E-state index contributed by atoms with van der Waals surface area (Å²) in [4.78, 5) is 9.89. The van der Waals surface area contributed by atoms with Gasteiger partial charge in [-0.25, -0.2) is 0 Å². The number of nitrogens with zero attached hydrogens (tertiary/aromatic N) is 3.